The number of aryl methyl sites for hydroxylation is 1. The number of rotatable bonds is 6. The molecular weight excluding hydrogens is 424 g/mol. The number of likely N-dealkylation sites (tertiary alicyclic amines) is 1. The molecule has 4 heterocycles. The van der Waals surface area contributed by atoms with E-state index in [1.165, 1.54) is 5.56 Å². The van der Waals surface area contributed by atoms with Gasteiger partial charge in [0.2, 0.25) is 0 Å². The number of imidazole rings is 1. The highest BCUT2D eigenvalue weighted by Gasteiger charge is 2.24. The van der Waals surface area contributed by atoms with Crippen molar-refractivity contribution in [2.75, 3.05) is 13.1 Å². The van der Waals surface area contributed by atoms with Crippen molar-refractivity contribution in [1.29, 1.82) is 0 Å². The van der Waals surface area contributed by atoms with Crippen molar-refractivity contribution in [3.63, 3.8) is 0 Å². The fourth-order valence-electron chi connectivity index (χ4n) is 4.46. The van der Waals surface area contributed by atoms with Gasteiger partial charge in [-0.2, -0.15) is 0 Å². The van der Waals surface area contributed by atoms with Crippen LogP contribution in [0.4, 0.5) is 0 Å². The van der Waals surface area contributed by atoms with Crippen molar-refractivity contribution in [1.82, 2.24) is 29.8 Å². The average molecular weight is 453 g/mol. The van der Waals surface area contributed by atoms with E-state index in [0.717, 1.165) is 67.4 Å². The van der Waals surface area contributed by atoms with Gasteiger partial charge in [-0.25, -0.2) is 9.97 Å². The van der Waals surface area contributed by atoms with Crippen LogP contribution in [-0.4, -0.2) is 48.8 Å². The Morgan fingerprint density at radius 1 is 0.971 bits per heavy atom. The second-order valence-electron chi connectivity index (χ2n) is 8.95. The van der Waals surface area contributed by atoms with Gasteiger partial charge < -0.3 is 9.88 Å². The molecule has 7 heteroatoms. The molecule has 3 aromatic heterocycles. The summed E-state index contributed by atoms with van der Waals surface area (Å²) in [5, 5.41) is 0. The normalized spacial score (nSPS) is 14.3. The van der Waals surface area contributed by atoms with E-state index in [9.17, 15) is 4.79 Å². The van der Waals surface area contributed by atoms with Crippen LogP contribution in [0.5, 0.6) is 0 Å². The first-order chi connectivity index (χ1) is 16.6. The van der Waals surface area contributed by atoms with Gasteiger partial charge in [0.1, 0.15) is 5.69 Å². The van der Waals surface area contributed by atoms with Gasteiger partial charge in [-0.05, 0) is 49.8 Å². The topological polar surface area (TPSA) is 87.7 Å². The lowest BCUT2D eigenvalue weighted by Crippen LogP contribution is -2.39. The third-order valence-electron chi connectivity index (χ3n) is 6.34. The molecular formula is C27H28N6O. The highest BCUT2D eigenvalue weighted by atomic mass is 16.2. The maximum Gasteiger partial charge on any atom is 0.253 e. The average Bonchev–Trinajstić information content (AvgIpc) is 3.31. The van der Waals surface area contributed by atoms with Gasteiger partial charge in [0.05, 0.1) is 11.9 Å². The highest BCUT2D eigenvalue weighted by Crippen LogP contribution is 2.23. The van der Waals surface area contributed by atoms with Crippen LogP contribution < -0.4 is 0 Å². The molecule has 0 radical (unpaired) electrons. The van der Waals surface area contributed by atoms with Crippen molar-refractivity contribution >= 4 is 5.91 Å². The van der Waals surface area contributed by atoms with Crippen LogP contribution in [0.1, 0.15) is 45.8 Å². The molecule has 5 rings (SSSR count). The maximum atomic E-state index is 13.1. The Bertz CT molecular complexity index is 1240. The molecule has 1 fully saturated rings. The van der Waals surface area contributed by atoms with Crippen LogP contribution in [0.2, 0.25) is 0 Å². The molecule has 0 bridgehead atoms. The van der Waals surface area contributed by atoms with Gasteiger partial charge >= 0.3 is 0 Å². The Labute approximate surface area is 199 Å². The molecule has 0 saturated carbocycles. The lowest BCUT2D eigenvalue weighted by molar-refractivity contribution is 0.0690. The number of nitrogens with zero attached hydrogens (tertiary/aromatic N) is 5. The molecule has 0 aliphatic carbocycles. The summed E-state index contributed by atoms with van der Waals surface area (Å²) in [6, 6.07) is 14.0. The van der Waals surface area contributed by atoms with E-state index in [1.807, 2.05) is 48.4 Å². The van der Waals surface area contributed by atoms with E-state index in [2.05, 4.69) is 37.1 Å². The van der Waals surface area contributed by atoms with Gasteiger partial charge in [-0.1, -0.05) is 30.3 Å². The van der Waals surface area contributed by atoms with Crippen LogP contribution in [0, 0.1) is 12.8 Å². The van der Waals surface area contributed by atoms with Crippen molar-refractivity contribution < 1.29 is 4.79 Å². The molecule has 1 amide bonds. The number of pyridine rings is 1. The summed E-state index contributed by atoms with van der Waals surface area (Å²) >= 11 is 0. The zero-order chi connectivity index (χ0) is 23.3. The first-order valence-electron chi connectivity index (χ1n) is 11.7. The maximum absolute atomic E-state index is 13.1. The Hall–Kier alpha value is -3.87. The number of hydrogen-bond acceptors (Lipinski definition) is 5. The van der Waals surface area contributed by atoms with Crippen molar-refractivity contribution in [3.8, 4) is 11.5 Å². The number of H-pyrrole nitrogens is 1. The summed E-state index contributed by atoms with van der Waals surface area (Å²) < 4.78 is 0. The van der Waals surface area contributed by atoms with E-state index >= 15 is 0 Å². The van der Waals surface area contributed by atoms with Gasteiger partial charge in [-0.3, -0.25) is 14.8 Å². The van der Waals surface area contributed by atoms with Crippen LogP contribution in [0.3, 0.4) is 0 Å². The second kappa shape index (κ2) is 9.95. The predicted molar refractivity (Wildman–Crippen MR) is 130 cm³/mol. The third kappa shape index (κ3) is 5.20. The summed E-state index contributed by atoms with van der Waals surface area (Å²) in [7, 11) is 0. The first kappa shape index (κ1) is 21.9. The third-order valence-corrected chi connectivity index (χ3v) is 6.34. The highest BCUT2D eigenvalue weighted by molar-refractivity contribution is 5.94. The Balaban J connectivity index is 1.15. The molecule has 4 aromatic rings. The minimum atomic E-state index is 0.0908. The molecule has 7 nitrogen and oxygen atoms in total. The van der Waals surface area contributed by atoms with Gasteiger partial charge in [-0.15, -0.1) is 0 Å². The number of nitrogens with one attached hydrogen (secondary N) is 1. The summed E-state index contributed by atoms with van der Waals surface area (Å²) in [6.45, 7) is 3.49. The second-order valence-corrected chi connectivity index (χ2v) is 8.95. The SMILES string of the molecule is Cc1cnc(-c2cnc(CC3CCN(C(=O)c4ccnc(Cc5ccccc5)c4)CC3)cn2)[nH]1. The molecule has 1 aliphatic heterocycles. The number of aromatic nitrogens is 5. The first-order valence-corrected chi connectivity index (χ1v) is 11.7. The predicted octanol–water partition coefficient (Wildman–Crippen LogP) is 4.26. The smallest absolute Gasteiger partial charge is 0.253 e. The molecule has 1 aromatic carbocycles. The van der Waals surface area contributed by atoms with Crippen molar-refractivity contribution in [2.45, 2.75) is 32.6 Å². The molecule has 1 N–H and O–H groups in total. The summed E-state index contributed by atoms with van der Waals surface area (Å²) in [4.78, 5) is 36.1. The van der Waals surface area contributed by atoms with Crippen LogP contribution in [0.25, 0.3) is 11.5 Å². The standard InChI is InChI=1S/C27H28N6O/c1-19-16-31-26(32-19)25-18-29-24(17-30-25)14-21-8-11-33(12-9-21)27(34)22-7-10-28-23(15-22)13-20-5-3-2-4-6-20/h2-7,10,15-18,21H,8-9,11-14H2,1H3,(H,31,32). The Morgan fingerprint density at radius 2 is 1.79 bits per heavy atom. The van der Waals surface area contributed by atoms with Gasteiger partial charge in [0, 0.05) is 55.1 Å². The largest absolute Gasteiger partial charge is 0.341 e. The van der Waals surface area contributed by atoms with Crippen LogP contribution in [-0.2, 0) is 12.8 Å². The van der Waals surface area contributed by atoms with Crippen molar-refractivity contribution in [3.05, 3.63) is 95.5 Å². The van der Waals surface area contributed by atoms with Gasteiger partial charge in [0.15, 0.2) is 5.82 Å². The molecule has 0 atom stereocenters. The van der Waals surface area contributed by atoms with Gasteiger partial charge in [0.25, 0.3) is 5.91 Å². The quantitative estimate of drug-likeness (QED) is 0.472. The van der Waals surface area contributed by atoms with Crippen LogP contribution >= 0.6 is 0 Å². The summed E-state index contributed by atoms with van der Waals surface area (Å²) in [5.41, 5.74) is 5.56. The number of piperidine rings is 1. The molecule has 0 unspecified atom stereocenters. The van der Waals surface area contributed by atoms with E-state index in [1.54, 1.807) is 18.6 Å². The summed E-state index contributed by atoms with van der Waals surface area (Å²) in [6.07, 6.45) is 10.7. The van der Waals surface area contributed by atoms with E-state index < -0.39 is 0 Å². The molecule has 172 valence electrons. The van der Waals surface area contributed by atoms with Crippen molar-refractivity contribution in [2.24, 2.45) is 5.92 Å². The molecule has 1 aliphatic rings. The zero-order valence-corrected chi connectivity index (χ0v) is 19.3. The fraction of sp³-hybridized carbons (Fsp3) is 0.296. The minimum absolute atomic E-state index is 0.0908. The number of aromatic amines is 1. The minimum Gasteiger partial charge on any atom is -0.341 e. The fourth-order valence-corrected chi connectivity index (χ4v) is 4.46. The number of benzene rings is 1. The molecule has 34 heavy (non-hydrogen) atoms. The number of carbonyl (C=O) groups is 1. The monoisotopic (exact) mass is 452 g/mol. The Kier molecular flexibility index (Phi) is 6.42. The lowest BCUT2D eigenvalue weighted by atomic mass is 9.92. The molecule has 1 saturated heterocycles. The van der Waals surface area contributed by atoms with E-state index in [0.29, 0.717) is 11.5 Å². The Morgan fingerprint density at radius 3 is 2.50 bits per heavy atom. The molecule has 0 spiro atoms. The number of carbonyl (C=O) groups excluding carboxylic acids is 1. The van der Waals surface area contributed by atoms with E-state index in [4.69, 9.17) is 0 Å². The number of amides is 1. The van der Waals surface area contributed by atoms with E-state index in [-0.39, 0.29) is 5.91 Å². The summed E-state index contributed by atoms with van der Waals surface area (Å²) in [5.74, 6) is 1.33. The lowest BCUT2D eigenvalue weighted by Gasteiger charge is -2.32. The van der Waals surface area contributed by atoms with Crippen LogP contribution in [0.15, 0.2) is 67.3 Å². The zero-order valence-electron chi connectivity index (χ0n) is 19.3. The number of hydrogen-bond donors (Lipinski definition) is 1.